The predicted octanol–water partition coefficient (Wildman–Crippen LogP) is 6.07. The van der Waals surface area contributed by atoms with Crippen molar-refractivity contribution in [3.05, 3.63) is 107 Å². The van der Waals surface area contributed by atoms with E-state index in [1.807, 2.05) is 67.6 Å². The van der Waals surface area contributed by atoms with Gasteiger partial charge in [0.05, 0.1) is 12.5 Å². The molecule has 0 fully saturated rings. The highest BCUT2D eigenvalue weighted by atomic mass is 16.7. The lowest BCUT2D eigenvalue weighted by atomic mass is 9.95. The molecule has 3 heteroatoms. The second-order valence-corrected chi connectivity index (χ2v) is 7.66. The minimum Gasteiger partial charge on any atom is -0.272 e. The van der Waals surface area contributed by atoms with Crippen LogP contribution in [0.25, 0.3) is 0 Å². The van der Waals surface area contributed by atoms with Crippen molar-refractivity contribution >= 4 is 5.91 Å². The van der Waals surface area contributed by atoms with Crippen LogP contribution in [0, 0.1) is 0 Å². The number of benzene rings is 3. The summed E-state index contributed by atoms with van der Waals surface area (Å²) in [4.78, 5) is 19.3. The minimum absolute atomic E-state index is 0.0397. The van der Waals surface area contributed by atoms with Gasteiger partial charge in [-0.3, -0.25) is 9.63 Å². The zero-order valence-electron chi connectivity index (χ0n) is 17.4. The maximum absolute atomic E-state index is 13.3. The summed E-state index contributed by atoms with van der Waals surface area (Å²) < 4.78 is 0. The van der Waals surface area contributed by atoms with Gasteiger partial charge >= 0.3 is 0 Å². The lowest BCUT2D eigenvalue weighted by Crippen LogP contribution is -2.34. The molecule has 0 saturated carbocycles. The van der Waals surface area contributed by atoms with Crippen LogP contribution in [0.5, 0.6) is 0 Å². The molecule has 3 rings (SSSR count). The quantitative estimate of drug-likeness (QED) is 0.439. The summed E-state index contributed by atoms with van der Waals surface area (Å²) in [7, 11) is 0. The van der Waals surface area contributed by atoms with Crippen molar-refractivity contribution < 1.29 is 9.63 Å². The van der Waals surface area contributed by atoms with Gasteiger partial charge in [-0.15, -0.1) is 0 Å². The smallest absolute Gasteiger partial charge is 0.253 e. The molecule has 0 bridgehead atoms. The molecule has 1 unspecified atom stereocenters. The number of carbonyl (C=O) groups excluding carboxylic acids is 1. The highest BCUT2D eigenvalue weighted by Gasteiger charge is 2.23. The van der Waals surface area contributed by atoms with Gasteiger partial charge < -0.3 is 0 Å². The van der Waals surface area contributed by atoms with E-state index in [9.17, 15) is 4.79 Å². The van der Waals surface area contributed by atoms with Gasteiger partial charge in [0.1, 0.15) is 6.61 Å². The van der Waals surface area contributed by atoms with E-state index in [0.717, 1.165) is 16.7 Å². The number of carbonyl (C=O) groups is 1. The Labute approximate surface area is 173 Å². The molecule has 0 saturated heterocycles. The largest absolute Gasteiger partial charge is 0.272 e. The third kappa shape index (κ3) is 5.78. The van der Waals surface area contributed by atoms with Crippen molar-refractivity contribution in [1.29, 1.82) is 0 Å². The van der Waals surface area contributed by atoms with Crippen LogP contribution < -0.4 is 0 Å². The Morgan fingerprint density at radius 3 is 1.83 bits per heavy atom. The second kappa shape index (κ2) is 10.0. The van der Waals surface area contributed by atoms with Crippen molar-refractivity contribution in [2.24, 2.45) is 0 Å². The van der Waals surface area contributed by atoms with Crippen molar-refractivity contribution in [2.45, 2.75) is 45.8 Å². The molecule has 0 N–H and O–H groups in total. The van der Waals surface area contributed by atoms with E-state index in [4.69, 9.17) is 4.84 Å². The van der Waals surface area contributed by atoms with Gasteiger partial charge in [0, 0.05) is 0 Å². The SMILES string of the molecule is CC(C)c1ccc(C(C)C(=O)N(Cc2ccccc2)OCc2ccccc2)cc1. The molecule has 29 heavy (non-hydrogen) atoms. The molecule has 1 atom stereocenters. The van der Waals surface area contributed by atoms with Gasteiger partial charge in [-0.25, -0.2) is 5.06 Å². The molecule has 0 aromatic heterocycles. The number of hydrogen-bond donors (Lipinski definition) is 0. The normalized spacial score (nSPS) is 12.0. The molecule has 0 aliphatic rings. The van der Waals surface area contributed by atoms with Crippen molar-refractivity contribution in [1.82, 2.24) is 5.06 Å². The van der Waals surface area contributed by atoms with Crippen molar-refractivity contribution in [3.63, 3.8) is 0 Å². The van der Waals surface area contributed by atoms with Crippen LogP contribution in [0.2, 0.25) is 0 Å². The van der Waals surface area contributed by atoms with Gasteiger partial charge in [-0.1, -0.05) is 98.8 Å². The molecule has 0 heterocycles. The maximum atomic E-state index is 13.3. The summed E-state index contributed by atoms with van der Waals surface area (Å²) in [5.74, 6) is 0.150. The first-order valence-corrected chi connectivity index (χ1v) is 10.2. The highest BCUT2D eigenvalue weighted by molar-refractivity contribution is 5.82. The number of amides is 1. The number of hydrogen-bond acceptors (Lipinski definition) is 2. The number of nitrogens with zero attached hydrogens (tertiary/aromatic N) is 1. The molecule has 0 radical (unpaired) electrons. The molecule has 3 nitrogen and oxygen atoms in total. The first-order chi connectivity index (χ1) is 14.0. The fourth-order valence-electron chi connectivity index (χ4n) is 3.19. The second-order valence-electron chi connectivity index (χ2n) is 7.66. The monoisotopic (exact) mass is 387 g/mol. The Morgan fingerprint density at radius 2 is 1.28 bits per heavy atom. The van der Waals surface area contributed by atoms with Gasteiger partial charge in [-0.05, 0) is 35.1 Å². The molecule has 0 aliphatic heterocycles. The number of rotatable bonds is 8. The molecule has 0 aliphatic carbocycles. The third-order valence-electron chi connectivity index (χ3n) is 5.12. The first kappa shape index (κ1) is 20.8. The Bertz CT molecular complexity index is 889. The van der Waals surface area contributed by atoms with E-state index >= 15 is 0 Å². The van der Waals surface area contributed by atoms with Crippen molar-refractivity contribution in [2.75, 3.05) is 0 Å². The Morgan fingerprint density at radius 1 is 0.759 bits per heavy atom. The third-order valence-corrected chi connectivity index (χ3v) is 5.12. The molecule has 150 valence electrons. The van der Waals surface area contributed by atoms with E-state index in [0.29, 0.717) is 19.1 Å². The van der Waals surface area contributed by atoms with Crippen molar-refractivity contribution in [3.8, 4) is 0 Å². The molecule has 3 aromatic rings. The molecular weight excluding hydrogens is 358 g/mol. The predicted molar refractivity (Wildman–Crippen MR) is 117 cm³/mol. The maximum Gasteiger partial charge on any atom is 0.253 e. The van der Waals surface area contributed by atoms with E-state index in [1.165, 1.54) is 10.6 Å². The van der Waals surface area contributed by atoms with Crippen LogP contribution >= 0.6 is 0 Å². The van der Waals surface area contributed by atoms with Gasteiger partial charge in [0.2, 0.25) is 0 Å². The van der Waals surface area contributed by atoms with Crippen LogP contribution in [0.1, 0.15) is 54.9 Å². The Hall–Kier alpha value is -2.91. The molecule has 0 spiro atoms. The van der Waals surface area contributed by atoms with Gasteiger partial charge in [0.25, 0.3) is 5.91 Å². The molecule has 3 aromatic carbocycles. The highest BCUT2D eigenvalue weighted by Crippen LogP contribution is 2.23. The summed E-state index contributed by atoms with van der Waals surface area (Å²) in [6, 6.07) is 28.2. The summed E-state index contributed by atoms with van der Waals surface area (Å²) in [6.07, 6.45) is 0. The lowest BCUT2D eigenvalue weighted by molar-refractivity contribution is -0.196. The van der Waals surface area contributed by atoms with Crippen LogP contribution in [-0.4, -0.2) is 11.0 Å². The molecule has 1 amide bonds. The van der Waals surface area contributed by atoms with E-state index in [-0.39, 0.29) is 11.8 Å². The fourth-order valence-corrected chi connectivity index (χ4v) is 3.19. The van der Waals surface area contributed by atoms with Crippen LogP contribution in [0.15, 0.2) is 84.9 Å². The topological polar surface area (TPSA) is 29.5 Å². The zero-order chi connectivity index (χ0) is 20.6. The summed E-state index contributed by atoms with van der Waals surface area (Å²) in [6.45, 7) is 7.06. The minimum atomic E-state index is -0.282. The average Bonchev–Trinajstić information content (AvgIpc) is 2.77. The summed E-state index contributed by atoms with van der Waals surface area (Å²) in [5.41, 5.74) is 4.35. The number of hydroxylamine groups is 2. The average molecular weight is 388 g/mol. The summed E-state index contributed by atoms with van der Waals surface area (Å²) >= 11 is 0. The summed E-state index contributed by atoms with van der Waals surface area (Å²) in [5, 5.41) is 1.50. The Kier molecular flexibility index (Phi) is 7.20. The molecular formula is C26H29NO2. The van der Waals surface area contributed by atoms with Crippen LogP contribution in [-0.2, 0) is 22.8 Å². The van der Waals surface area contributed by atoms with E-state index in [2.05, 4.69) is 38.1 Å². The van der Waals surface area contributed by atoms with E-state index < -0.39 is 0 Å². The van der Waals surface area contributed by atoms with Gasteiger partial charge in [-0.2, -0.15) is 0 Å². The Balaban J connectivity index is 1.76. The van der Waals surface area contributed by atoms with Crippen LogP contribution in [0.4, 0.5) is 0 Å². The first-order valence-electron chi connectivity index (χ1n) is 10.2. The van der Waals surface area contributed by atoms with Crippen LogP contribution in [0.3, 0.4) is 0 Å². The zero-order valence-corrected chi connectivity index (χ0v) is 17.4. The standard InChI is InChI=1S/C26H29NO2/c1-20(2)24-14-16-25(17-15-24)21(3)26(28)27(18-22-10-6-4-7-11-22)29-19-23-12-8-5-9-13-23/h4-17,20-21H,18-19H2,1-3H3. The van der Waals surface area contributed by atoms with Gasteiger partial charge in [0.15, 0.2) is 0 Å². The fraction of sp³-hybridized carbons (Fsp3) is 0.269. The lowest BCUT2D eigenvalue weighted by Gasteiger charge is -2.25. The van der Waals surface area contributed by atoms with E-state index in [1.54, 1.807) is 0 Å².